The number of pyridine rings is 1. The van der Waals surface area contributed by atoms with Crippen molar-refractivity contribution in [3.8, 4) is 6.07 Å². The molecule has 1 aliphatic rings. The highest BCUT2D eigenvalue weighted by atomic mass is 16.1. The molecule has 140 valence electrons. The van der Waals surface area contributed by atoms with Crippen molar-refractivity contribution < 1.29 is 0 Å². The van der Waals surface area contributed by atoms with Gasteiger partial charge in [-0.05, 0) is 18.1 Å². The normalized spacial score (nSPS) is 14.2. The van der Waals surface area contributed by atoms with E-state index >= 15 is 0 Å². The molecule has 0 spiro atoms. The smallest absolute Gasteiger partial charge is 0.284 e. The minimum Gasteiger partial charge on any atom is -0.399 e. The molecular weight excluding hydrogens is 344 g/mol. The molecule has 0 fully saturated rings. The number of rotatable bonds is 5. The first kappa shape index (κ1) is 18.4. The topological polar surface area (TPSA) is 141 Å². The van der Waals surface area contributed by atoms with Crippen LogP contribution in [0.3, 0.4) is 0 Å². The molecule has 2 aromatic rings. The zero-order chi connectivity index (χ0) is 19.4. The highest BCUT2D eigenvalue weighted by Gasteiger charge is 2.23. The molecule has 3 rings (SSSR count). The molecule has 1 aliphatic heterocycles. The van der Waals surface area contributed by atoms with E-state index < -0.39 is 5.56 Å². The lowest BCUT2D eigenvalue weighted by Crippen LogP contribution is -2.42. The molecule has 9 nitrogen and oxygen atoms in total. The van der Waals surface area contributed by atoms with E-state index in [4.69, 9.17) is 11.6 Å². The summed E-state index contributed by atoms with van der Waals surface area (Å²) in [6.07, 6.45) is 4.68. The quantitative estimate of drug-likeness (QED) is 0.508. The number of aryl methyl sites for hydroxylation is 1. The molecule has 0 radical (unpaired) electrons. The van der Waals surface area contributed by atoms with E-state index in [9.17, 15) is 10.1 Å². The van der Waals surface area contributed by atoms with Crippen LogP contribution in [-0.4, -0.2) is 33.3 Å². The van der Waals surface area contributed by atoms with E-state index in [1.54, 1.807) is 11.2 Å². The number of nitrogens with two attached hydrogens (primary N) is 2. The third-order valence-corrected chi connectivity index (χ3v) is 4.65. The van der Waals surface area contributed by atoms with Crippen LogP contribution in [0.25, 0.3) is 0 Å². The van der Waals surface area contributed by atoms with Crippen molar-refractivity contribution in [1.29, 1.82) is 5.26 Å². The van der Waals surface area contributed by atoms with E-state index in [2.05, 4.69) is 22.1 Å². The van der Waals surface area contributed by atoms with Crippen LogP contribution in [-0.2, 0) is 13.0 Å². The SMILES string of the molecule is CCc1ncccc1CN(N)C1=C(N)CN(c2cn[nH]c(=O)c2C#N)CC1. The Balaban J connectivity index is 1.80. The summed E-state index contributed by atoms with van der Waals surface area (Å²) < 4.78 is 0. The first-order valence-electron chi connectivity index (χ1n) is 8.70. The Morgan fingerprint density at radius 3 is 3.00 bits per heavy atom. The number of H-pyrrole nitrogens is 1. The van der Waals surface area contributed by atoms with Gasteiger partial charge >= 0.3 is 0 Å². The third-order valence-electron chi connectivity index (χ3n) is 4.65. The summed E-state index contributed by atoms with van der Waals surface area (Å²) in [7, 11) is 0. The fourth-order valence-corrected chi connectivity index (χ4v) is 3.26. The Kier molecular flexibility index (Phi) is 5.38. The fraction of sp³-hybridized carbons (Fsp3) is 0.333. The Labute approximate surface area is 156 Å². The lowest BCUT2D eigenvalue weighted by Gasteiger charge is -2.34. The van der Waals surface area contributed by atoms with Crippen LogP contribution >= 0.6 is 0 Å². The Hall–Kier alpha value is -3.38. The molecule has 0 bridgehead atoms. The molecule has 0 amide bonds. The monoisotopic (exact) mass is 366 g/mol. The summed E-state index contributed by atoms with van der Waals surface area (Å²) in [6.45, 7) is 3.53. The van der Waals surface area contributed by atoms with Gasteiger partial charge in [-0.3, -0.25) is 9.78 Å². The molecule has 0 saturated heterocycles. The highest BCUT2D eigenvalue weighted by Crippen LogP contribution is 2.24. The van der Waals surface area contributed by atoms with E-state index in [0.717, 1.165) is 23.4 Å². The predicted molar refractivity (Wildman–Crippen MR) is 101 cm³/mol. The van der Waals surface area contributed by atoms with Gasteiger partial charge in [0.2, 0.25) is 0 Å². The third kappa shape index (κ3) is 3.75. The molecule has 27 heavy (non-hydrogen) atoms. The lowest BCUT2D eigenvalue weighted by atomic mass is 10.1. The van der Waals surface area contributed by atoms with Gasteiger partial charge in [0.05, 0.1) is 30.7 Å². The van der Waals surface area contributed by atoms with Gasteiger partial charge in [0.1, 0.15) is 11.6 Å². The number of nitrogens with zero attached hydrogens (tertiary/aromatic N) is 5. The van der Waals surface area contributed by atoms with Crippen LogP contribution in [0.1, 0.15) is 30.2 Å². The molecule has 9 heteroatoms. The van der Waals surface area contributed by atoms with Crippen molar-refractivity contribution in [2.45, 2.75) is 26.3 Å². The maximum atomic E-state index is 11.8. The number of nitriles is 1. The van der Waals surface area contributed by atoms with Crippen LogP contribution in [0.5, 0.6) is 0 Å². The van der Waals surface area contributed by atoms with Gasteiger partial charge in [0.15, 0.2) is 0 Å². The summed E-state index contributed by atoms with van der Waals surface area (Å²) in [4.78, 5) is 18.0. The summed E-state index contributed by atoms with van der Waals surface area (Å²) in [5.74, 6) is 6.29. The number of aromatic nitrogens is 3. The van der Waals surface area contributed by atoms with E-state index in [1.165, 1.54) is 6.20 Å². The maximum absolute atomic E-state index is 11.8. The van der Waals surface area contributed by atoms with Crippen LogP contribution < -0.4 is 22.0 Å². The summed E-state index contributed by atoms with van der Waals surface area (Å²) >= 11 is 0. The molecule has 2 aromatic heterocycles. The average Bonchev–Trinajstić information content (AvgIpc) is 2.68. The largest absolute Gasteiger partial charge is 0.399 e. The molecule has 0 aromatic carbocycles. The van der Waals surface area contributed by atoms with Gasteiger partial charge in [0, 0.05) is 30.6 Å². The molecule has 0 aliphatic carbocycles. The van der Waals surface area contributed by atoms with Gasteiger partial charge in [0.25, 0.3) is 5.56 Å². The van der Waals surface area contributed by atoms with Crippen molar-refractivity contribution in [2.24, 2.45) is 11.6 Å². The molecule has 0 saturated carbocycles. The molecule has 0 atom stereocenters. The molecular formula is C18H22N8O. The first-order valence-corrected chi connectivity index (χ1v) is 8.70. The number of nitrogens with one attached hydrogen (secondary N) is 1. The second-order valence-electron chi connectivity index (χ2n) is 6.31. The highest BCUT2D eigenvalue weighted by molar-refractivity contribution is 5.58. The second kappa shape index (κ2) is 7.88. The van der Waals surface area contributed by atoms with Crippen molar-refractivity contribution in [3.05, 3.63) is 63.1 Å². The first-order chi connectivity index (χ1) is 13.0. The van der Waals surface area contributed by atoms with Crippen molar-refractivity contribution in [3.63, 3.8) is 0 Å². The Bertz CT molecular complexity index is 958. The molecule has 3 heterocycles. The fourth-order valence-electron chi connectivity index (χ4n) is 3.26. The zero-order valence-electron chi connectivity index (χ0n) is 15.1. The maximum Gasteiger partial charge on any atom is 0.284 e. The van der Waals surface area contributed by atoms with Crippen LogP contribution in [0.15, 0.2) is 40.7 Å². The summed E-state index contributed by atoms with van der Waals surface area (Å²) in [6, 6.07) is 5.84. The average molecular weight is 366 g/mol. The van der Waals surface area contributed by atoms with Crippen molar-refractivity contribution in [1.82, 2.24) is 20.2 Å². The van der Waals surface area contributed by atoms with Gasteiger partial charge in [-0.1, -0.05) is 13.0 Å². The zero-order valence-corrected chi connectivity index (χ0v) is 15.1. The lowest BCUT2D eigenvalue weighted by molar-refractivity contribution is 0.326. The predicted octanol–water partition coefficient (Wildman–Crippen LogP) is 0.355. The second-order valence-corrected chi connectivity index (χ2v) is 6.31. The molecule has 0 unspecified atom stereocenters. The number of hydrogen-bond donors (Lipinski definition) is 3. The van der Waals surface area contributed by atoms with E-state index in [0.29, 0.717) is 37.4 Å². The molecule has 5 N–H and O–H groups in total. The van der Waals surface area contributed by atoms with Crippen LogP contribution in [0.4, 0.5) is 5.69 Å². The van der Waals surface area contributed by atoms with E-state index in [1.807, 2.05) is 23.1 Å². The number of anilines is 1. The van der Waals surface area contributed by atoms with Gasteiger partial charge in [-0.2, -0.15) is 10.4 Å². The minimum absolute atomic E-state index is 0.0359. The minimum atomic E-state index is -0.507. The summed E-state index contributed by atoms with van der Waals surface area (Å²) in [5, 5.41) is 17.0. The van der Waals surface area contributed by atoms with Crippen LogP contribution in [0.2, 0.25) is 0 Å². The van der Waals surface area contributed by atoms with Gasteiger partial charge in [-0.25, -0.2) is 10.9 Å². The van der Waals surface area contributed by atoms with Crippen molar-refractivity contribution in [2.75, 3.05) is 18.0 Å². The number of hydrogen-bond acceptors (Lipinski definition) is 8. The Morgan fingerprint density at radius 1 is 1.48 bits per heavy atom. The summed E-state index contributed by atoms with van der Waals surface area (Å²) in [5.41, 5.74) is 9.82. The van der Waals surface area contributed by atoms with Gasteiger partial charge < -0.3 is 15.6 Å². The van der Waals surface area contributed by atoms with Crippen LogP contribution in [0, 0.1) is 11.3 Å². The van der Waals surface area contributed by atoms with E-state index in [-0.39, 0.29) is 5.56 Å². The Morgan fingerprint density at radius 2 is 2.30 bits per heavy atom. The number of aromatic amines is 1. The van der Waals surface area contributed by atoms with Gasteiger partial charge in [-0.15, -0.1) is 0 Å². The standard InChI is InChI=1S/C18H22N8O/c1-2-15-12(4-3-6-22-15)10-26(21)16-5-7-25(11-14(16)20)17-9-23-24-18(27)13(17)8-19/h3-4,6,9H,2,5,7,10-11,20-21H2,1H3,(H,24,27). The van der Waals surface area contributed by atoms with Crippen molar-refractivity contribution >= 4 is 5.69 Å². The number of hydrazine groups is 1.